The second kappa shape index (κ2) is 12.7. The van der Waals surface area contributed by atoms with Crippen molar-refractivity contribution in [2.24, 2.45) is 5.10 Å². The van der Waals surface area contributed by atoms with Gasteiger partial charge in [0.1, 0.15) is 0 Å². The van der Waals surface area contributed by atoms with Gasteiger partial charge in [-0.2, -0.15) is 20.1 Å². The first-order valence-electron chi connectivity index (χ1n) is 13.4. The Balaban J connectivity index is 1.28. The van der Waals surface area contributed by atoms with Crippen molar-refractivity contribution in [3.63, 3.8) is 0 Å². The standard InChI is InChI=1S/C30H27BrCl2N8O/c1-19-14-23(31)26(15-25(19)33)35-28-36-29(38-30(37-28)40-10-12-42-13-11-40)39-34-16-21-18-41(27-9-5-3-7-22(21)27)17-20-6-2-4-8-24(20)32/h2-9,14-16,18H,10-13,17H2,1H3,(H2,35,36,37,38,39)/b34-16-. The average Bonchev–Trinajstić information content (AvgIpc) is 3.34. The van der Waals surface area contributed by atoms with Gasteiger partial charge >= 0.3 is 0 Å². The largest absolute Gasteiger partial charge is 0.378 e. The van der Waals surface area contributed by atoms with E-state index in [9.17, 15) is 0 Å². The van der Waals surface area contributed by atoms with Crippen LogP contribution in [0.25, 0.3) is 10.9 Å². The lowest BCUT2D eigenvalue weighted by atomic mass is 10.2. The normalized spacial score (nSPS) is 13.7. The minimum atomic E-state index is 0.305. The number of halogens is 3. The van der Waals surface area contributed by atoms with Gasteiger partial charge in [0.15, 0.2) is 0 Å². The van der Waals surface area contributed by atoms with Crippen LogP contribution >= 0.6 is 39.1 Å². The van der Waals surface area contributed by atoms with Gasteiger partial charge in [-0.05, 0) is 58.2 Å². The predicted octanol–water partition coefficient (Wildman–Crippen LogP) is 7.28. The molecule has 0 bridgehead atoms. The number of hydrazone groups is 1. The molecule has 3 aromatic carbocycles. The van der Waals surface area contributed by atoms with Crippen molar-refractivity contribution in [3.8, 4) is 0 Å². The number of aromatic nitrogens is 4. The Labute approximate surface area is 261 Å². The summed E-state index contributed by atoms with van der Waals surface area (Å²) in [5.74, 6) is 1.19. The van der Waals surface area contributed by atoms with Crippen LogP contribution < -0.4 is 15.6 Å². The van der Waals surface area contributed by atoms with Gasteiger partial charge in [-0.1, -0.05) is 59.6 Å². The smallest absolute Gasteiger partial charge is 0.250 e. The molecule has 1 fully saturated rings. The van der Waals surface area contributed by atoms with Crippen LogP contribution in [-0.2, 0) is 11.3 Å². The Kier molecular flexibility index (Phi) is 8.57. The average molecular weight is 666 g/mol. The maximum Gasteiger partial charge on any atom is 0.250 e. The monoisotopic (exact) mass is 664 g/mol. The zero-order chi connectivity index (χ0) is 29.1. The molecule has 42 heavy (non-hydrogen) atoms. The van der Waals surface area contributed by atoms with Crippen molar-refractivity contribution in [1.82, 2.24) is 19.5 Å². The maximum atomic E-state index is 6.45. The fraction of sp³-hybridized carbons (Fsp3) is 0.200. The molecular weight excluding hydrogens is 639 g/mol. The van der Waals surface area contributed by atoms with Crippen molar-refractivity contribution in [3.05, 3.63) is 98.1 Å². The minimum Gasteiger partial charge on any atom is -0.378 e. The second-order valence-electron chi connectivity index (χ2n) is 9.78. The molecule has 214 valence electrons. The minimum absolute atomic E-state index is 0.305. The molecule has 1 saturated heterocycles. The molecule has 5 aromatic rings. The maximum absolute atomic E-state index is 6.45. The lowest BCUT2D eigenvalue weighted by molar-refractivity contribution is 0.122. The molecule has 0 atom stereocenters. The number of fused-ring (bicyclic) bond motifs is 1. The van der Waals surface area contributed by atoms with Gasteiger partial charge in [0.25, 0.3) is 0 Å². The summed E-state index contributed by atoms with van der Waals surface area (Å²) >= 11 is 16.4. The summed E-state index contributed by atoms with van der Waals surface area (Å²) < 4.78 is 8.53. The fourth-order valence-corrected chi connectivity index (χ4v) is 5.63. The lowest BCUT2D eigenvalue weighted by Gasteiger charge is -2.27. The second-order valence-corrected chi connectivity index (χ2v) is 11.4. The number of hydrogen-bond donors (Lipinski definition) is 2. The van der Waals surface area contributed by atoms with E-state index in [0.717, 1.165) is 42.8 Å². The Morgan fingerprint density at radius 1 is 0.976 bits per heavy atom. The van der Waals surface area contributed by atoms with Crippen LogP contribution in [0.5, 0.6) is 0 Å². The summed E-state index contributed by atoms with van der Waals surface area (Å²) in [6, 6.07) is 19.9. The van der Waals surface area contributed by atoms with E-state index in [1.165, 1.54) is 0 Å². The van der Waals surface area contributed by atoms with Gasteiger partial charge in [0.05, 0.1) is 25.1 Å². The number of nitrogens with zero attached hydrogens (tertiary/aromatic N) is 6. The predicted molar refractivity (Wildman–Crippen MR) is 174 cm³/mol. The van der Waals surface area contributed by atoms with Gasteiger partial charge in [-0.25, -0.2) is 5.43 Å². The first-order chi connectivity index (χ1) is 20.4. The van der Waals surface area contributed by atoms with E-state index in [2.05, 4.69) is 74.5 Å². The number of nitrogens with one attached hydrogen (secondary N) is 2. The molecule has 1 aliphatic heterocycles. The van der Waals surface area contributed by atoms with Crippen LogP contribution in [0.1, 0.15) is 16.7 Å². The number of para-hydroxylation sites is 1. The van der Waals surface area contributed by atoms with Crippen molar-refractivity contribution >= 4 is 79.8 Å². The van der Waals surface area contributed by atoms with Crippen molar-refractivity contribution in [1.29, 1.82) is 0 Å². The summed E-state index contributed by atoms with van der Waals surface area (Å²) in [6.07, 6.45) is 3.84. The van der Waals surface area contributed by atoms with Crippen LogP contribution in [-0.4, -0.2) is 52.0 Å². The third-order valence-corrected chi connectivity index (χ3v) is 8.33. The number of aryl methyl sites for hydroxylation is 1. The molecule has 3 heterocycles. The van der Waals surface area contributed by atoms with Crippen LogP contribution in [0.2, 0.25) is 10.0 Å². The van der Waals surface area contributed by atoms with Gasteiger partial charge in [-0.3, -0.25) is 0 Å². The van der Waals surface area contributed by atoms with Gasteiger partial charge in [-0.15, -0.1) is 0 Å². The Morgan fingerprint density at radius 2 is 1.74 bits per heavy atom. The van der Waals surface area contributed by atoms with E-state index in [1.807, 2.05) is 55.5 Å². The highest BCUT2D eigenvalue weighted by Gasteiger charge is 2.18. The third-order valence-electron chi connectivity index (χ3n) is 6.90. The molecule has 9 nitrogen and oxygen atoms in total. The van der Waals surface area contributed by atoms with E-state index in [4.69, 9.17) is 27.9 Å². The van der Waals surface area contributed by atoms with Crippen molar-refractivity contribution in [2.45, 2.75) is 13.5 Å². The van der Waals surface area contributed by atoms with E-state index in [0.29, 0.717) is 55.7 Å². The summed E-state index contributed by atoms with van der Waals surface area (Å²) in [5.41, 5.74) is 7.79. The summed E-state index contributed by atoms with van der Waals surface area (Å²) in [6.45, 7) is 5.16. The first-order valence-corrected chi connectivity index (χ1v) is 14.9. The molecule has 2 N–H and O–H groups in total. The Morgan fingerprint density at radius 3 is 2.57 bits per heavy atom. The van der Waals surface area contributed by atoms with Crippen LogP contribution in [0.3, 0.4) is 0 Å². The SMILES string of the molecule is Cc1cc(Br)c(Nc2nc(N/N=C\c3cn(Cc4ccccc4Cl)c4ccccc34)nc(N3CCOCC3)n2)cc1Cl. The molecule has 0 unspecified atom stereocenters. The number of rotatable bonds is 8. The summed E-state index contributed by atoms with van der Waals surface area (Å²) in [5, 5.41) is 10.2. The molecule has 2 aromatic heterocycles. The van der Waals surface area contributed by atoms with Gasteiger partial charge in [0, 0.05) is 56.8 Å². The number of morpholine rings is 1. The highest BCUT2D eigenvalue weighted by molar-refractivity contribution is 9.10. The topological polar surface area (TPSA) is 92.5 Å². The quantitative estimate of drug-likeness (QED) is 0.133. The molecule has 1 aliphatic rings. The van der Waals surface area contributed by atoms with Crippen LogP contribution in [0.4, 0.5) is 23.5 Å². The number of hydrogen-bond acceptors (Lipinski definition) is 8. The molecule has 0 saturated carbocycles. The number of anilines is 4. The van der Waals surface area contributed by atoms with E-state index >= 15 is 0 Å². The number of benzene rings is 3. The molecule has 0 amide bonds. The molecule has 0 spiro atoms. The fourth-order valence-electron chi connectivity index (χ4n) is 4.72. The third kappa shape index (κ3) is 6.37. The molecular formula is C30H27BrCl2N8O. The number of ether oxygens (including phenoxy) is 1. The lowest BCUT2D eigenvalue weighted by Crippen LogP contribution is -2.37. The Bertz CT molecular complexity index is 1770. The molecule has 0 aliphatic carbocycles. The van der Waals surface area contributed by atoms with Gasteiger partial charge in [0.2, 0.25) is 17.8 Å². The molecule has 6 rings (SSSR count). The van der Waals surface area contributed by atoms with Gasteiger partial charge < -0.3 is 19.5 Å². The van der Waals surface area contributed by atoms with Crippen LogP contribution in [0, 0.1) is 6.92 Å². The first kappa shape index (κ1) is 28.4. The zero-order valence-electron chi connectivity index (χ0n) is 22.7. The molecule has 12 heteroatoms. The summed E-state index contributed by atoms with van der Waals surface area (Å²) in [7, 11) is 0. The summed E-state index contributed by atoms with van der Waals surface area (Å²) in [4.78, 5) is 16.0. The van der Waals surface area contributed by atoms with E-state index in [1.54, 1.807) is 6.21 Å². The van der Waals surface area contributed by atoms with Crippen molar-refractivity contribution in [2.75, 3.05) is 41.9 Å². The van der Waals surface area contributed by atoms with E-state index < -0.39 is 0 Å². The Hall–Kier alpha value is -3.70. The zero-order valence-corrected chi connectivity index (χ0v) is 25.8. The van der Waals surface area contributed by atoms with E-state index in [-0.39, 0.29) is 0 Å². The molecule has 0 radical (unpaired) electrons. The highest BCUT2D eigenvalue weighted by Crippen LogP contribution is 2.31. The van der Waals surface area contributed by atoms with Crippen LogP contribution in [0.15, 0.2) is 76.4 Å². The highest BCUT2D eigenvalue weighted by atomic mass is 79.9. The van der Waals surface area contributed by atoms with Crippen molar-refractivity contribution < 1.29 is 4.74 Å².